The Morgan fingerprint density at radius 1 is 0.647 bits per heavy atom. The van der Waals surface area contributed by atoms with Gasteiger partial charge in [0.15, 0.2) is 0 Å². The summed E-state index contributed by atoms with van der Waals surface area (Å²) in [5, 5.41) is 20.1. The van der Waals surface area contributed by atoms with Crippen LogP contribution >= 0.6 is 0 Å². The molecule has 4 aromatic rings. The third-order valence-electron chi connectivity index (χ3n) is 4.82. The predicted molar refractivity (Wildman–Crippen MR) is 127 cm³/mol. The first-order valence-electron chi connectivity index (χ1n) is 10.3. The Bertz CT molecular complexity index is 1180. The van der Waals surface area contributed by atoms with Gasteiger partial charge in [0, 0.05) is 12.4 Å². The SMILES string of the molecule is O=C(NC(c1ccccc1)c1ccccc1)c1cccnc1.O=C(O)c1cccc(C(=O)O)c1. The second-order valence-corrected chi connectivity index (χ2v) is 7.16. The quantitative estimate of drug-likeness (QED) is 0.389. The van der Waals surface area contributed by atoms with Crippen molar-refractivity contribution >= 4 is 17.8 Å². The van der Waals surface area contributed by atoms with E-state index in [2.05, 4.69) is 10.3 Å². The predicted octanol–water partition coefficient (Wildman–Crippen LogP) is 4.68. The molecular formula is C27H22N2O5. The van der Waals surface area contributed by atoms with E-state index < -0.39 is 11.9 Å². The number of carbonyl (C=O) groups excluding carboxylic acids is 1. The molecule has 0 radical (unpaired) electrons. The van der Waals surface area contributed by atoms with Gasteiger partial charge in [0.1, 0.15) is 0 Å². The monoisotopic (exact) mass is 454 g/mol. The zero-order valence-electron chi connectivity index (χ0n) is 18.0. The maximum atomic E-state index is 12.5. The highest BCUT2D eigenvalue weighted by atomic mass is 16.4. The molecule has 0 bridgehead atoms. The summed E-state index contributed by atoms with van der Waals surface area (Å²) in [5.74, 6) is -2.39. The van der Waals surface area contributed by atoms with E-state index in [1.54, 1.807) is 24.5 Å². The molecule has 0 saturated carbocycles. The third-order valence-corrected chi connectivity index (χ3v) is 4.82. The van der Waals surface area contributed by atoms with E-state index in [1.165, 1.54) is 18.2 Å². The number of aromatic nitrogens is 1. The number of nitrogens with zero attached hydrogens (tertiary/aromatic N) is 1. The average Bonchev–Trinajstić information content (AvgIpc) is 2.89. The Morgan fingerprint density at radius 3 is 1.59 bits per heavy atom. The van der Waals surface area contributed by atoms with Crippen LogP contribution in [-0.2, 0) is 0 Å². The molecule has 34 heavy (non-hydrogen) atoms. The van der Waals surface area contributed by atoms with Gasteiger partial charge in [0.05, 0.1) is 22.7 Å². The van der Waals surface area contributed by atoms with Crippen LogP contribution in [0.25, 0.3) is 0 Å². The number of hydrogen-bond donors (Lipinski definition) is 3. The van der Waals surface area contributed by atoms with Crippen LogP contribution in [0.15, 0.2) is 109 Å². The molecule has 0 atom stereocenters. The zero-order chi connectivity index (χ0) is 24.3. The molecule has 0 aliphatic carbocycles. The number of carbonyl (C=O) groups is 3. The number of benzene rings is 3. The first-order chi connectivity index (χ1) is 16.5. The minimum absolute atomic E-state index is 0.0186. The third kappa shape index (κ3) is 6.61. The van der Waals surface area contributed by atoms with Crippen LogP contribution in [0.4, 0.5) is 0 Å². The number of aromatic carboxylic acids is 2. The minimum Gasteiger partial charge on any atom is -0.478 e. The Balaban J connectivity index is 0.000000229. The van der Waals surface area contributed by atoms with E-state index in [9.17, 15) is 14.4 Å². The molecule has 3 N–H and O–H groups in total. The number of pyridine rings is 1. The van der Waals surface area contributed by atoms with Crippen molar-refractivity contribution in [3.05, 3.63) is 137 Å². The summed E-state index contributed by atoms with van der Waals surface area (Å²) < 4.78 is 0. The molecule has 170 valence electrons. The van der Waals surface area contributed by atoms with Crippen molar-refractivity contribution in [3.8, 4) is 0 Å². The van der Waals surface area contributed by atoms with Gasteiger partial charge in [-0.25, -0.2) is 9.59 Å². The fourth-order valence-corrected chi connectivity index (χ4v) is 3.15. The van der Waals surface area contributed by atoms with Crippen LogP contribution < -0.4 is 5.32 Å². The average molecular weight is 454 g/mol. The first-order valence-corrected chi connectivity index (χ1v) is 10.3. The van der Waals surface area contributed by atoms with Gasteiger partial charge in [0.2, 0.25) is 0 Å². The lowest BCUT2D eigenvalue weighted by atomic mass is 9.98. The zero-order valence-corrected chi connectivity index (χ0v) is 18.0. The summed E-state index contributed by atoms with van der Waals surface area (Å²) >= 11 is 0. The molecule has 7 heteroatoms. The van der Waals surface area contributed by atoms with E-state index in [-0.39, 0.29) is 23.1 Å². The lowest BCUT2D eigenvalue weighted by Gasteiger charge is -2.19. The molecule has 0 unspecified atom stereocenters. The Labute approximate surface area is 196 Å². The topological polar surface area (TPSA) is 117 Å². The second kappa shape index (κ2) is 11.7. The van der Waals surface area contributed by atoms with Gasteiger partial charge in [-0.15, -0.1) is 0 Å². The largest absolute Gasteiger partial charge is 0.478 e. The summed E-state index contributed by atoms with van der Waals surface area (Å²) in [6.45, 7) is 0. The molecule has 7 nitrogen and oxygen atoms in total. The lowest BCUT2D eigenvalue weighted by Crippen LogP contribution is -2.29. The fourth-order valence-electron chi connectivity index (χ4n) is 3.15. The van der Waals surface area contributed by atoms with Crippen molar-refractivity contribution in [3.63, 3.8) is 0 Å². The van der Waals surface area contributed by atoms with Crippen LogP contribution in [0, 0.1) is 0 Å². The van der Waals surface area contributed by atoms with Crippen LogP contribution in [-0.4, -0.2) is 33.0 Å². The van der Waals surface area contributed by atoms with Crippen molar-refractivity contribution in [2.75, 3.05) is 0 Å². The van der Waals surface area contributed by atoms with Gasteiger partial charge < -0.3 is 15.5 Å². The van der Waals surface area contributed by atoms with Gasteiger partial charge in [-0.05, 0) is 41.5 Å². The Hall–Kier alpha value is -4.78. The number of nitrogens with one attached hydrogen (secondary N) is 1. The smallest absolute Gasteiger partial charge is 0.335 e. The minimum atomic E-state index is -1.13. The molecule has 0 aliphatic rings. The lowest BCUT2D eigenvalue weighted by molar-refractivity contribution is 0.0696. The van der Waals surface area contributed by atoms with Gasteiger partial charge in [-0.3, -0.25) is 9.78 Å². The number of rotatable bonds is 6. The summed E-state index contributed by atoms with van der Waals surface area (Å²) in [6, 6.07) is 28.4. The van der Waals surface area contributed by atoms with E-state index in [0.29, 0.717) is 5.56 Å². The fraction of sp³-hybridized carbons (Fsp3) is 0.0370. The number of carboxylic acids is 2. The number of carboxylic acid groups (broad SMARTS) is 2. The molecule has 3 aromatic carbocycles. The van der Waals surface area contributed by atoms with E-state index in [4.69, 9.17) is 10.2 Å². The summed E-state index contributed by atoms with van der Waals surface area (Å²) in [5.41, 5.74) is 2.61. The molecular weight excluding hydrogens is 432 g/mol. The van der Waals surface area contributed by atoms with Crippen LogP contribution in [0.5, 0.6) is 0 Å². The summed E-state index contributed by atoms with van der Waals surface area (Å²) in [4.78, 5) is 37.2. The Kier molecular flexibility index (Phi) is 8.24. The molecule has 0 fully saturated rings. The van der Waals surface area contributed by atoms with E-state index in [0.717, 1.165) is 17.2 Å². The summed E-state index contributed by atoms with van der Waals surface area (Å²) in [6.07, 6.45) is 3.23. The number of amides is 1. The summed E-state index contributed by atoms with van der Waals surface area (Å²) in [7, 11) is 0. The van der Waals surface area contributed by atoms with Crippen LogP contribution in [0.2, 0.25) is 0 Å². The highest BCUT2D eigenvalue weighted by Crippen LogP contribution is 2.22. The van der Waals surface area contributed by atoms with Crippen LogP contribution in [0.3, 0.4) is 0 Å². The van der Waals surface area contributed by atoms with E-state index in [1.807, 2.05) is 60.7 Å². The molecule has 0 aliphatic heterocycles. The maximum absolute atomic E-state index is 12.5. The second-order valence-electron chi connectivity index (χ2n) is 7.16. The van der Waals surface area contributed by atoms with Gasteiger partial charge in [0.25, 0.3) is 5.91 Å². The van der Waals surface area contributed by atoms with Crippen LogP contribution in [0.1, 0.15) is 48.2 Å². The molecule has 0 spiro atoms. The van der Waals surface area contributed by atoms with E-state index >= 15 is 0 Å². The molecule has 1 heterocycles. The van der Waals surface area contributed by atoms with Crippen molar-refractivity contribution in [2.24, 2.45) is 0 Å². The van der Waals surface area contributed by atoms with Crippen molar-refractivity contribution < 1.29 is 24.6 Å². The van der Waals surface area contributed by atoms with Crippen molar-refractivity contribution in [1.82, 2.24) is 10.3 Å². The molecule has 0 saturated heterocycles. The molecule has 1 amide bonds. The van der Waals surface area contributed by atoms with Gasteiger partial charge in [-0.2, -0.15) is 0 Å². The number of hydrogen-bond acceptors (Lipinski definition) is 4. The van der Waals surface area contributed by atoms with Crippen molar-refractivity contribution in [2.45, 2.75) is 6.04 Å². The van der Waals surface area contributed by atoms with Crippen molar-refractivity contribution in [1.29, 1.82) is 0 Å². The normalized spacial score (nSPS) is 10.0. The first kappa shape index (κ1) is 23.9. The molecule has 4 rings (SSSR count). The highest BCUT2D eigenvalue weighted by molar-refractivity contribution is 5.94. The highest BCUT2D eigenvalue weighted by Gasteiger charge is 2.17. The maximum Gasteiger partial charge on any atom is 0.335 e. The Morgan fingerprint density at radius 2 is 1.15 bits per heavy atom. The van der Waals surface area contributed by atoms with Gasteiger partial charge in [-0.1, -0.05) is 66.7 Å². The van der Waals surface area contributed by atoms with Gasteiger partial charge >= 0.3 is 11.9 Å². The molecule has 1 aromatic heterocycles. The standard InChI is InChI=1S/C19H16N2O.C8H6O4/c22-19(17-12-7-13-20-14-17)21-18(15-8-3-1-4-9-15)16-10-5-2-6-11-16;9-7(10)5-2-1-3-6(4-5)8(11)12/h1-14,18H,(H,21,22);1-4H,(H,9,10)(H,11,12).